The summed E-state index contributed by atoms with van der Waals surface area (Å²) in [5.41, 5.74) is 0.408. The van der Waals surface area contributed by atoms with Gasteiger partial charge >= 0.3 is 0 Å². The number of amides is 1. The lowest BCUT2D eigenvalue weighted by Crippen LogP contribution is -2.54. The number of hydrogen-bond donors (Lipinski definition) is 1. The number of ether oxygens (including phenoxy) is 1. The Morgan fingerprint density at radius 2 is 2.38 bits per heavy atom. The van der Waals surface area contributed by atoms with E-state index < -0.39 is 0 Å². The van der Waals surface area contributed by atoms with Gasteiger partial charge in [-0.2, -0.15) is 0 Å². The molecule has 0 atom stereocenters. The van der Waals surface area contributed by atoms with Gasteiger partial charge in [-0.3, -0.25) is 4.79 Å². The van der Waals surface area contributed by atoms with Crippen LogP contribution in [0.4, 0.5) is 9.52 Å². The third kappa shape index (κ3) is 2.84. The predicted octanol–water partition coefficient (Wildman–Crippen LogP) is 1.63. The molecule has 1 aliphatic rings. The van der Waals surface area contributed by atoms with E-state index in [9.17, 15) is 9.18 Å². The molecule has 1 amide bonds. The Morgan fingerprint density at radius 1 is 1.57 bits per heavy atom. The zero-order valence-corrected chi connectivity index (χ0v) is 12.5. The fourth-order valence-corrected chi connectivity index (χ4v) is 3.26. The first kappa shape index (κ1) is 14.2. The maximum absolute atomic E-state index is 13.6. The van der Waals surface area contributed by atoms with Crippen molar-refractivity contribution in [1.82, 2.24) is 10.3 Å². The molecule has 1 fully saturated rings. The second-order valence-electron chi connectivity index (χ2n) is 4.97. The molecule has 112 valence electrons. The van der Waals surface area contributed by atoms with Gasteiger partial charge in [0.05, 0.1) is 17.2 Å². The lowest BCUT2D eigenvalue weighted by molar-refractivity contribution is -0.125. The Hall–Kier alpha value is -1.73. The molecule has 2 aromatic rings. The minimum Gasteiger partial charge on any atom is -0.383 e. The average molecular weight is 309 g/mol. The van der Waals surface area contributed by atoms with Gasteiger partial charge in [0, 0.05) is 26.7 Å². The molecular weight excluding hydrogens is 293 g/mol. The highest BCUT2D eigenvalue weighted by molar-refractivity contribution is 7.22. The van der Waals surface area contributed by atoms with Gasteiger partial charge in [-0.25, -0.2) is 9.37 Å². The lowest BCUT2D eigenvalue weighted by atomic mass is 10.0. The van der Waals surface area contributed by atoms with Crippen molar-refractivity contribution < 1.29 is 13.9 Å². The normalized spacial score (nSPS) is 15.2. The van der Waals surface area contributed by atoms with E-state index in [0.717, 1.165) is 9.83 Å². The van der Waals surface area contributed by atoms with Gasteiger partial charge in [0.25, 0.3) is 0 Å². The first-order chi connectivity index (χ1) is 10.2. The molecule has 1 N–H and O–H groups in total. The zero-order valence-electron chi connectivity index (χ0n) is 11.6. The third-order valence-electron chi connectivity index (χ3n) is 3.49. The lowest BCUT2D eigenvalue weighted by Gasteiger charge is -2.37. The highest BCUT2D eigenvalue weighted by atomic mass is 32.1. The molecule has 0 unspecified atom stereocenters. The van der Waals surface area contributed by atoms with E-state index in [4.69, 9.17) is 4.74 Å². The first-order valence-corrected chi connectivity index (χ1v) is 7.57. The summed E-state index contributed by atoms with van der Waals surface area (Å²) >= 11 is 1.45. The Balaban J connectivity index is 1.60. The number of anilines is 1. The third-order valence-corrected chi connectivity index (χ3v) is 4.57. The number of methoxy groups -OCH3 is 1. The molecule has 7 heteroatoms. The monoisotopic (exact) mass is 309 g/mol. The number of halogens is 1. The van der Waals surface area contributed by atoms with Crippen LogP contribution >= 0.6 is 11.3 Å². The van der Waals surface area contributed by atoms with Gasteiger partial charge in [-0.1, -0.05) is 17.4 Å². The second kappa shape index (κ2) is 5.95. The van der Waals surface area contributed by atoms with E-state index in [1.54, 1.807) is 13.2 Å². The number of hydrogen-bond acceptors (Lipinski definition) is 5. The number of rotatable bonds is 5. The minimum absolute atomic E-state index is 0.0290. The fraction of sp³-hybridized carbons (Fsp3) is 0.429. The van der Waals surface area contributed by atoms with E-state index in [0.29, 0.717) is 31.8 Å². The summed E-state index contributed by atoms with van der Waals surface area (Å²) in [6, 6.07) is 4.95. The maximum Gasteiger partial charge on any atom is 0.226 e. The van der Waals surface area contributed by atoms with Crippen molar-refractivity contribution in [2.45, 2.75) is 0 Å². The number of para-hydroxylation sites is 1. The Morgan fingerprint density at radius 3 is 3.10 bits per heavy atom. The number of aromatic nitrogens is 1. The highest BCUT2D eigenvalue weighted by Crippen LogP contribution is 2.33. The van der Waals surface area contributed by atoms with Crippen LogP contribution in [0.15, 0.2) is 18.2 Å². The number of benzene rings is 1. The molecule has 5 nitrogen and oxygen atoms in total. The number of thiazole rings is 1. The van der Waals surface area contributed by atoms with Crippen molar-refractivity contribution in [3.8, 4) is 0 Å². The van der Waals surface area contributed by atoms with Gasteiger partial charge in [0.2, 0.25) is 5.91 Å². The predicted molar refractivity (Wildman–Crippen MR) is 80.2 cm³/mol. The molecule has 0 saturated carbocycles. The van der Waals surface area contributed by atoms with Crippen molar-refractivity contribution in [3.05, 3.63) is 24.0 Å². The molecule has 1 aromatic heterocycles. The molecule has 0 aliphatic carbocycles. The smallest absolute Gasteiger partial charge is 0.226 e. The van der Waals surface area contributed by atoms with Gasteiger partial charge < -0.3 is 15.0 Å². The maximum atomic E-state index is 13.6. The minimum atomic E-state index is -0.301. The summed E-state index contributed by atoms with van der Waals surface area (Å²) in [7, 11) is 1.60. The van der Waals surface area contributed by atoms with Crippen LogP contribution in [-0.4, -0.2) is 44.2 Å². The van der Waals surface area contributed by atoms with Crippen LogP contribution in [-0.2, 0) is 9.53 Å². The quantitative estimate of drug-likeness (QED) is 0.853. The van der Waals surface area contributed by atoms with Crippen LogP contribution in [0.1, 0.15) is 0 Å². The van der Waals surface area contributed by atoms with Crippen LogP contribution in [0, 0.1) is 11.7 Å². The number of fused-ring (bicyclic) bond motifs is 1. The number of carbonyl (C=O) groups is 1. The summed E-state index contributed by atoms with van der Waals surface area (Å²) in [6.45, 7) is 2.29. The van der Waals surface area contributed by atoms with E-state index in [1.807, 2.05) is 11.0 Å². The summed E-state index contributed by atoms with van der Waals surface area (Å²) in [4.78, 5) is 18.2. The van der Waals surface area contributed by atoms with Crippen molar-refractivity contribution in [2.24, 2.45) is 5.92 Å². The van der Waals surface area contributed by atoms with Crippen molar-refractivity contribution in [2.75, 3.05) is 38.3 Å². The van der Waals surface area contributed by atoms with Crippen LogP contribution in [0.2, 0.25) is 0 Å². The molecule has 1 aromatic carbocycles. The van der Waals surface area contributed by atoms with Gasteiger partial charge in [0.1, 0.15) is 11.3 Å². The fourth-order valence-electron chi connectivity index (χ4n) is 2.26. The Kier molecular flexibility index (Phi) is 4.03. The van der Waals surface area contributed by atoms with Crippen molar-refractivity contribution in [3.63, 3.8) is 0 Å². The molecule has 0 radical (unpaired) electrons. The Labute approximate surface area is 125 Å². The van der Waals surface area contributed by atoms with Crippen LogP contribution in [0.3, 0.4) is 0 Å². The topological polar surface area (TPSA) is 54.5 Å². The molecule has 0 bridgehead atoms. The van der Waals surface area contributed by atoms with Crippen LogP contribution in [0.25, 0.3) is 10.2 Å². The van der Waals surface area contributed by atoms with Crippen LogP contribution < -0.4 is 10.2 Å². The number of nitrogens with one attached hydrogen (secondary N) is 1. The largest absolute Gasteiger partial charge is 0.383 e. The number of carbonyl (C=O) groups excluding carboxylic acids is 1. The molecule has 3 rings (SSSR count). The van der Waals surface area contributed by atoms with Gasteiger partial charge in [-0.05, 0) is 12.1 Å². The summed E-state index contributed by atoms with van der Waals surface area (Å²) in [5, 5.41) is 3.60. The highest BCUT2D eigenvalue weighted by Gasteiger charge is 2.34. The van der Waals surface area contributed by atoms with Crippen molar-refractivity contribution in [1.29, 1.82) is 0 Å². The van der Waals surface area contributed by atoms with E-state index >= 15 is 0 Å². The molecule has 1 aliphatic heterocycles. The SMILES string of the molecule is COCCNC(=O)C1CN(c2nc3c(F)cccc3s2)C1. The van der Waals surface area contributed by atoms with Gasteiger partial charge in [0.15, 0.2) is 5.13 Å². The van der Waals surface area contributed by atoms with E-state index in [2.05, 4.69) is 10.3 Å². The molecule has 1 saturated heterocycles. The molecule has 21 heavy (non-hydrogen) atoms. The molecular formula is C14H16FN3O2S. The van der Waals surface area contributed by atoms with E-state index in [-0.39, 0.29) is 17.6 Å². The zero-order chi connectivity index (χ0) is 14.8. The van der Waals surface area contributed by atoms with Crippen molar-refractivity contribution >= 4 is 32.6 Å². The van der Waals surface area contributed by atoms with E-state index in [1.165, 1.54) is 17.4 Å². The first-order valence-electron chi connectivity index (χ1n) is 6.75. The second-order valence-corrected chi connectivity index (χ2v) is 5.98. The summed E-state index contributed by atoms with van der Waals surface area (Å²) in [6.07, 6.45) is 0. The summed E-state index contributed by atoms with van der Waals surface area (Å²) < 4.78 is 19.3. The Bertz CT molecular complexity index is 655. The summed E-state index contributed by atoms with van der Waals surface area (Å²) in [5.74, 6) is -0.293. The average Bonchev–Trinajstić information content (AvgIpc) is 2.82. The van der Waals surface area contributed by atoms with Crippen LogP contribution in [0.5, 0.6) is 0 Å². The molecule has 2 heterocycles. The van der Waals surface area contributed by atoms with Gasteiger partial charge in [-0.15, -0.1) is 0 Å². The standard InChI is InChI=1S/C14H16FN3O2S/c1-20-6-5-16-13(19)9-7-18(8-9)14-17-12-10(15)3-2-4-11(12)21-14/h2-4,9H,5-8H2,1H3,(H,16,19). The molecule has 0 spiro atoms. The number of nitrogens with zero attached hydrogens (tertiary/aromatic N) is 2.